The van der Waals surface area contributed by atoms with Gasteiger partial charge in [0.25, 0.3) is 0 Å². The second-order valence-electron chi connectivity index (χ2n) is 5.62. The number of rotatable bonds is 3. The number of aryl methyl sites for hydroxylation is 1. The summed E-state index contributed by atoms with van der Waals surface area (Å²) in [6.07, 6.45) is 1.05. The van der Waals surface area contributed by atoms with Crippen LogP contribution in [0.1, 0.15) is 22.9 Å². The van der Waals surface area contributed by atoms with Crippen molar-refractivity contribution in [3.05, 3.63) is 51.7 Å². The van der Waals surface area contributed by atoms with Gasteiger partial charge in [0.15, 0.2) is 0 Å². The van der Waals surface area contributed by atoms with E-state index in [-0.39, 0.29) is 11.9 Å². The summed E-state index contributed by atoms with van der Waals surface area (Å²) in [7, 11) is 0. The molecule has 110 valence electrons. The lowest BCUT2D eigenvalue weighted by Crippen LogP contribution is -2.44. The van der Waals surface area contributed by atoms with E-state index in [2.05, 4.69) is 21.7 Å². The summed E-state index contributed by atoms with van der Waals surface area (Å²) in [5.41, 5.74) is 3.44. The maximum Gasteiger partial charge on any atom is 0.241 e. The normalized spacial score (nSPS) is 16.3. The Morgan fingerprint density at radius 1 is 1.29 bits per heavy atom. The summed E-state index contributed by atoms with van der Waals surface area (Å²) < 4.78 is 0. The van der Waals surface area contributed by atoms with Gasteiger partial charge in [-0.05, 0) is 49.4 Å². The molecule has 1 aromatic carbocycles. The molecule has 1 aromatic heterocycles. The van der Waals surface area contributed by atoms with Crippen molar-refractivity contribution < 1.29 is 4.79 Å². The van der Waals surface area contributed by atoms with Crippen LogP contribution in [0.3, 0.4) is 0 Å². The highest BCUT2D eigenvalue weighted by Crippen LogP contribution is 2.25. The first kappa shape index (κ1) is 14.3. The van der Waals surface area contributed by atoms with E-state index in [9.17, 15) is 4.79 Å². The van der Waals surface area contributed by atoms with Crippen molar-refractivity contribution in [2.24, 2.45) is 0 Å². The van der Waals surface area contributed by atoms with Crippen LogP contribution < -0.4 is 5.32 Å². The van der Waals surface area contributed by atoms with Crippen LogP contribution in [0.25, 0.3) is 0 Å². The molecular weight excluding hydrogens is 280 g/mol. The van der Waals surface area contributed by atoms with Crippen LogP contribution in [-0.2, 0) is 17.8 Å². The zero-order valence-corrected chi connectivity index (χ0v) is 13.2. The molecule has 0 aliphatic carbocycles. The minimum absolute atomic E-state index is 0.0672. The number of nitrogens with one attached hydrogen (secondary N) is 1. The van der Waals surface area contributed by atoms with E-state index < -0.39 is 0 Å². The molecule has 0 fully saturated rings. The summed E-state index contributed by atoms with van der Waals surface area (Å²) in [6, 6.07) is 9.99. The van der Waals surface area contributed by atoms with Gasteiger partial charge < -0.3 is 5.32 Å². The summed E-state index contributed by atoms with van der Waals surface area (Å²) in [4.78, 5) is 16.1. The average molecular weight is 300 g/mol. The van der Waals surface area contributed by atoms with Gasteiger partial charge in [0, 0.05) is 23.7 Å². The number of benzene rings is 1. The van der Waals surface area contributed by atoms with Crippen molar-refractivity contribution in [1.82, 2.24) is 4.90 Å². The smallest absolute Gasteiger partial charge is 0.241 e. The molecule has 2 heterocycles. The molecule has 0 saturated carbocycles. The van der Waals surface area contributed by atoms with Gasteiger partial charge in [0.2, 0.25) is 5.91 Å². The van der Waals surface area contributed by atoms with Crippen LogP contribution in [0, 0.1) is 6.92 Å². The molecule has 3 nitrogen and oxygen atoms in total. The molecule has 0 spiro atoms. The predicted octanol–water partition coefficient (Wildman–Crippen LogP) is 3.44. The van der Waals surface area contributed by atoms with Crippen LogP contribution >= 0.6 is 11.3 Å². The molecule has 21 heavy (non-hydrogen) atoms. The zero-order chi connectivity index (χ0) is 14.8. The maximum atomic E-state index is 12.4. The van der Waals surface area contributed by atoms with Crippen molar-refractivity contribution in [3.8, 4) is 0 Å². The third-order valence-electron chi connectivity index (χ3n) is 4.08. The number of hydrogen-bond donors (Lipinski definition) is 1. The molecule has 0 radical (unpaired) electrons. The van der Waals surface area contributed by atoms with E-state index in [1.807, 2.05) is 49.4 Å². The van der Waals surface area contributed by atoms with Gasteiger partial charge in [-0.25, -0.2) is 0 Å². The third kappa shape index (κ3) is 3.17. The molecule has 1 N–H and O–H groups in total. The lowest BCUT2D eigenvalue weighted by molar-refractivity contribution is -0.121. The zero-order valence-electron chi connectivity index (χ0n) is 12.4. The Bertz CT molecular complexity index is 632. The second kappa shape index (κ2) is 6.00. The highest BCUT2D eigenvalue weighted by Gasteiger charge is 2.25. The molecule has 1 aliphatic heterocycles. The minimum Gasteiger partial charge on any atom is -0.325 e. The predicted molar refractivity (Wildman–Crippen MR) is 87.7 cm³/mol. The molecule has 0 unspecified atom stereocenters. The van der Waals surface area contributed by atoms with Crippen LogP contribution in [0.4, 0.5) is 5.69 Å². The first-order valence-electron chi connectivity index (χ1n) is 7.30. The van der Waals surface area contributed by atoms with Crippen molar-refractivity contribution in [2.45, 2.75) is 32.9 Å². The van der Waals surface area contributed by atoms with E-state index >= 15 is 0 Å². The standard InChI is InChI=1S/C17H20N2OS/c1-12-3-5-15(6-4-12)18-17(20)13(2)19-9-7-16-14(11-19)8-10-21-16/h3-6,8,10,13H,7,9,11H2,1-2H3,(H,18,20)/t13-/m0/s1. The van der Waals surface area contributed by atoms with Gasteiger partial charge >= 0.3 is 0 Å². The molecule has 0 bridgehead atoms. The van der Waals surface area contributed by atoms with Gasteiger partial charge in [-0.15, -0.1) is 11.3 Å². The third-order valence-corrected chi connectivity index (χ3v) is 5.11. The van der Waals surface area contributed by atoms with Crippen molar-refractivity contribution in [2.75, 3.05) is 11.9 Å². The quantitative estimate of drug-likeness (QED) is 0.941. The molecule has 3 rings (SSSR count). The number of amides is 1. The van der Waals surface area contributed by atoms with Crippen LogP contribution in [0.5, 0.6) is 0 Å². The number of thiophene rings is 1. The monoisotopic (exact) mass is 300 g/mol. The van der Waals surface area contributed by atoms with Gasteiger partial charge in [-0.2, -0.15) is 0 Å². The van der Waals surface area contributed by atoms with E-state index in [0.29, 0.717) is 0 Å². The highest BCUT2D eigenvalue weighted by atomic mass is 32.1. The summed E-state index contributed by atoms with van der Waals surface area (Å²) in [6.45, 7) is 5.86. The fourth-order valence-electron chi connectivity index (χ4n) is 2.65. The van der Waals surface area contributed by atoms with E-state index in [1.54, 1.807) is 0 Å². The summed E-state index contributed by atoms with van der Waals surface area (Å²) in [5.74, 6) is 0.0672. The SMILES string of the molecule is Cc1ccc(NC(=O)[C@H](C)N2CCc3sccc3C2)cc1. The lowest BCUT2D eigenvalue weighted by atomic mass is 10.1. The fraction of sp³-hybridized carbons (Fsp3) is 0.353. The first-order chi connectivity index (χ1) is 10.1. The van der Waals surface area contributed by atoms with Crippen LogP contribution in [0.15, 0.2) is 35.7 Å². The first-order valence-corrected chi connectivity index (χ1v) is 8.18. The van der Waals surface area contributed by atoms with Gasteiger partial charge in [0.1, 0.15) is 0 Å². The molecule has 1 aliphatic rings. The number of nitrogens with zero attached hydrogens (tertiary/aromatic N) is 1. The molecule has 1 amide bonds. The summed E-state index contributed by atoms with van der Waals surface area (Å²) >= 11 is 1.82. The van der Waals surface area contributed by atoms with Gasteiger partial charge in [0.05, 0.1) is 6.04 Å². The Morgan fingerprint density at radius 3 is 2.81 bits per heavy atom. The van der Waals surface area contributed by atoms with Crippen molar-refractivity contribution in [1.29, 1.82) is 0 Å². The number of fused-ring (bicyclic) bond motifs is 1. The Balaban J connectivity index is 1.64. The topological polar surface area (TPSA) is 32.3 Å². The van der Waals surface area contributed by atoms with Crippen molar-refractivity contribution >= 4 is 22.9 Å². The molecule has 1 atom stereocenters. The summed E-state index contributed by atoms with van der Waals surface area (Å²) in [5, 5.41) is 5.15. The molecule has 2 aromatic rings. The number of carbonyl (C=O) groups is 1. The van der Waals surface area contributed by atoms with Gasteiger partial charge in [-0.1, -0.05) is 17.7 Å². The Morgan fingerprint density at radius 2 is 2.05 bits per heavy atom. The van der Waals surface area contributed by atoms with Crippen molar-refractivity contribution in [3.63, 3.8) is 0 Å². The van der Waals surface area contributed by atoms with Crippen LogP contribution in [-0.4, -0.2) is 23.4 Å². The maximum absolute atomic E-state index is 12.4. The van der Waals surface area contributed by atoms with E-state index in [1.165, 1.54) is 16.0 Å². The number of anilines is 1. The largest absolute Gasteiger partial charge is 0.325 e. The second-order valence-corrected chi connectivity index (χ2v) is 6.62. The molecule has 4 heteroatoms. The average Bonchev–Trinajstić information content (AvgIpc) is 2.96. The number of hydrogen-bond acceptors (Lipinski definition) is 3. The fourth-order valence-corrected chi connectivity index (χ4v) is 3.54. The lowest BCUT2D eigenvalue weighted by Gasteiger charge is -2.31. The molecule has 0 saturated heterocycles. The highest BCUT2D eigenvalue weighted by molar-refractivity contribution is 7.10. The Hall–Kier alpha value is -1.65. The minimum atomic E-state index is -0.112. The van der Waals surface area contributed by atoms with Crippen LogP contribution in [0.2, 0.25) is 0 Å². The van der Waals surface area contributed by atoms with Gasteiger partial charge in [-0.3, -0.25) is 9.69 Å². The Labute approximate surface area is 129 Å². The van der Waals surface area contributed by atoms with E-state index in [4.69, 9.17) is 0 Å². The Kier molecular flexibility index (Phi) is 4.08. The van der Waals surface area contributed by atoms with E-state index in [0.717, 1.165) is 25.2 Å². The number of carbonyl (C=O) groups excluding carboxylic acids is 1. The molecular formula is C17H20N2OS.